The van der Waals surface area contributed by atoms with Gasteiger partial charge in [0.05, 0.1) is 11.6 Å². The van der Waals surface area contributed by atoms with E-state index in [9.17, 15) is 9.59 Å². The summed E-state index contributed by atoms with van der Waals surface area (Å²) >= 11 is 0. The Bertz CT molecular complexity index is 465. The Balaban J connectivity index is 1.58. The Morgan fingerprint density at radius 2 is 1.65 bits per heavy atom. The fourth-order valence-electron chi connectivity index (χ4n) is 5.38. The molecule has 1 aliphatic heterocycles. The topological polar surface area (TPSA) is 40.6 Å². The molecule has 4 aliphatic rings. The zero-order chi connectivity index (χ0) is 14.1. The summed E-state index contributed by atoms with van der Waals surface area (Å²) in [5, 5.41) is 0. The van der Waals surface area contributed by atoms with Gasteiger partial charge in [-0.2, -0.15) is 0 Å². The van der Waals surface area contributed by atoms with Crippen molar-refractivity contribution >= 4 is 11.8 Å². The van der Waals surface area contributed by atoms with Crippen LogP contribution >= 0.6 is 0 Å². The monoisotopic (exact) mass is 276 g/mol. The van der Waals surface area contributed by atoms with Crippen molar-refractivity contribution in [3.8, 4) is 0 Å². The van der Waals surface area contributed by atoms with E-state index in [1.165, 1.54) is 12.8 Å². The Morgan fingerprint density at radius 1 is 1.05 bits per heavy atom. The number of hydrogen-bond acceptors (Lipinski definition) is 2. The molecule has 1 atom stereocenters. The normalized spacial score (nSPS) is 35.0. The molecule has 0 aromatic carbocycles. The SMILES string of the molecule is CN1C(=O)N(C)C2(CC3(CCC(=O)CC3)C2)[C@H]1C1CC1. The third-order valence-corrected chi connectivity index (χ3v) is 6.52. The molecule has 2 amide bonds. The first-order chi connectivity index (χ1) is 9.47. The van der Waals surface area contributed by atoms with Gasteiger partial charge in [0.1, 0.15) is 5.78 Å². The van der Waals surface area contributed by atoms with Crippen molar-refractivity contribution in [2.75, 3.05) is 14.1 Å². The van der Waals surface area contributed by atoms with E-state index in [1.807, 2.05) is 23.9 Å². The number of carbonyl (C=O) groups is 2. The second-order valence-electron chi connectivity index (χ2n) is 7.73. The molecular formula is C16H24N2O2. The summed E-state index contributed by atoms with van der Waals surface area (Å²) in [4.78, 5) is 27.9. The zero-order valence-electron chi connectivity index (χ0n) is 12.5. The lowest BCUT2D eigenvalue weighted by molar-refractivity contribution is -0.130. The van der Waals surface area contributed by atoms with Crippen LogP contribution < -0.4 is 0 Å². The summed E-state index contributed by atoms with van der Waals surface area (Å²) in [6.07, 6.45) is 8.44. The van der Waals surface area contributed by atoms with Gasteiger partial charge in [-0.25, -0.2) is 4.79 Å². The Labute approximate surface area is 120 Å². The van der Waals surface area contributed by atoms with Gasteiger partial charge < -0.3 is 9.80 Å². The average Bonchev–Trinajstić information content (AvgIpc) is 3.19. The lowest BCUT2D eigenvalue weighted by Crippen LogP contribution is -2.65. The van der Waals surface area contributed by atoms with E-state index in [-0.39, 0.29) is 11.6 Å². The number of nitrogens with zero attached hydrogens (tertiary/aromatic N) is 2. The highest BCUT2D eigenvalue weighted by atomic mass is 16.2. The average molecular weight is 276 g/mol. The van der Waals surface area contributed by atoms with Crippen molar-refractivity contribution in [1.82, 2.24) is 9.80 Å². The van der Waals surface area contributed by atoms with Gasteiger partial charge in [-0.3, -0.25) is 4.79 Å². The molecule has 4 rings (SSSR count). The molecule has 0 unspecified atom stereocenters. The Hall–Kier alpha value is -1.06. The molecule has 2 spiro atoms. The Morgan fingerprint density at radius 3 is 2.20 bits per heavy atom. The molecule has 20 heavy (non-hydrogen) atoms. The molecule has 110 valence electrons. The lowest BCUT2D eigenvalue weighted by Gasteiger charge is -2.60. The van der Waals surface area contributed by atoms with Crippen LogP contribution in [-0.2, 0) is 4.79 Å². The van der Waals surface area contributed by atoms with E-state index < -0.39 is 0 Å². The van der Waals surface area contributed by atoms with Gasteiger partial charge in [-0.1, -0.05) is 0 Å². The van der Waals surface area contributed by atoms with Crippen LogP contribution in [0.4, 0.5) is 4.79 Å². The maximum atomic E-state index is 12.4. The smallest absolute Gasteiger partial charge is 0.320 e. The molecule has 0 aromatic heterocycles. The second kappa shape index (κ2) is 3.77. The molecular weight excluding hydrogens is 252 g/mol. The van der Waals surface area contributed by atoms with Gasteiger partial charge in [-0.15, -0.1) is 0 Å². The number of urea groups is 1. The van der Waals surface area contributed by atoms with Crippen LogP contribution in [0.3, 0.4) is 0 Å². The van der Waals surface area contributed by atoms with Crippen LogP contribution in [0.5, 0.6) is 0 Å². The minimum Gasteiger partial charge on any atom is -0.322 e. The Kier molecular flexibility index (Phi) is 2.39. The number of carbonyl (C=O) groups excluding carboxylic acids is 2. The number of hydrogen-bond donors (Lipinski definition) is 0. The van der Waals surface area contributed by atoms with Gasteiger partial charge in [0.2, 0.25) is 0 Å². The van der Waals surface area contributed by atoms with Crippen molar-refractivity contribution in [2.45, 2.75) is 62.9 Å². The molecule has 1 heterocycles. The summed E-state index contributed by atoms with van der Waals surface area (Å²) in [6.45, 7) is 0. The summed E-state index contributed by atoms with van der Waals surface area (Å²) < 4.78 is 0. The van der Waals surface area contributed by atoms with Crippen molar-refractivity contribution in [3.63, 3.8) is 0 Å². The molecule has 3 aliphatic carbocycles. The maximum absolute atomic E-state index is 12.4. The summed E-state index contributed by atoms with van der Waals surface area (Å²) in [5.41, 5.74) is 0.439. The summed E-state index contributed by atoms with van der Waals surface area (Å²) in [6, 6.07) is 0.617. The van der Waals surface area contributed by atoms with Crippen molar-refractivity contribution in [1.29, 1.82) is 0 Å². The first-order valence-corrected chi connectivity index (χ1v) is 8.00. The fourth-order valence-corrected chi connectivity index (χ4v) is 5.38. The van der Waals surface area contributed by atoms with Crippen molar-refractivity contribution in [2.24, 2.45) is 11.3 Å². The minimum atomic E-state index is 0.0768. The molecule has 0 bridgehead atoms. The highest BCUT2D eigenvalue weighted by Gasteiger charge is 2.68. The molecule has 4 nitrogen and oxygen atoms in total. The predicted molar refractivity (Wildman–Crippen MR) is 75.3 cm³/mol. The van der Waals surface area contributed by atoms with Crippen molar-refractivity contribution in [3.05, 3.63) is 0 Å². The number of ketones is 1. The van der Waals surface area contributed by atoms with Crippen LogP contribution in [0.2, 0.25) is 0 Å². The summed E-state index contributed by atoms with van der Waals surface area (Å²) in [7, 11) is 3.97. The van der Waals surface area contributed by atoms with Crippen LogP contribution in [0.1, 0.15) is 51.4 Å². The van der Waals surface area contributed by atoms with Crippen LogP contribution in [0, 0.1) is 11.3 Å². The standard InChI is InChI=1S/C16H24N2O2/c1-17-13(11-3-4-11)16(18(2)14(17)20)9-15(10-16)7-5-12(19)6-8-15/h11,13H,3-10H2,1-2H3/t13-/m1/s1. The van der Waals surface area contributed by atoms with Crippen LogP contribution in [0.15, 0.2) is 0 Å². The van der Waals surface area contributed by atoms with Gasteiger partial charge in [-0.05, 0) is 49.9 Å². The molecule has 3 saturated carbocycles. The van der Waals surface area contributed by atoms with Gasteiger partial charge in [0, 0.05) is 26.9 Å². The van der Waals surface area contributed by atoms with Gasteiger partial charge in [0.25, 0.3) is 0 Å². The molecule has 4 heteroatoms. The van der Waals surface area contributed by atoms with Crippen molar-refractivity contribution < 1.29 is 9.59 Å². The number of likely N-dealkylation sites (N-methyl/N-ethyl adjacent to an activating group) is 2. The van der Waals surface area contributed by atoms with Crippen LogP contribution in [0.25, 0.3) is 0 Å². The van der Waals surface area contributed by atoms with E-state index >= 15 is 0 Å². The van der Waals surface area contributed by atoms with Crippen LogP contribution in [-0.4, -0.2) is 47.3 Å². The van der Waals surface area contributed by atoms with E-state index in [2.05, 4.69) is 0 Å². The van der Waals surface area contributed by atoms with Gasteiger partial charge >= 0.3 is 6.03 Å². The van der Waals surface area contributed by atoms with E-state index in [4.69, 9.17) is 0 Å². The minimum absolute atomic E-state index is 0.0768. The van der Waals surface area contributed by atoms with E-state index in [0.717, 1.165) is 44.4 Å². The predicted octanol–water partition coefficient (Wildman–Crippen LogP) is 2.42. The molecule has 0 aromatic rings. The maximum Gasteiger partial charge on any atom is 0.320 e. The lowest BCUT2D eigenvalue weighted by atomic mass is 9.49. The largest absolute Gasteiger partial charge is 0.322 e. The zero-order valence-corrected chi connectivity index (χ0v) is 12.5. The van der Waals surface area contributed by atoms with Gasteiger partial charge in [0.15, 0.2) is 0 Å². The second-order valence-corrected chi connectivity index (χ2v) is 7.73. The molecule has 1 saturated heterocycles. The van der Waals surface area contributed by atoms with E-state index in [0.29, 0.717) is 17.2 Å². The third kappa shape index (κ3) is 1.48. The number of rotatable bonds is 1. The highest BCUT2D eigenvalue weighted by molar-refractivity contribution is 5.80. The first kappa shape index (κ1) is 12.7. The fraction of sp³-hybridized carbons (Fsp3) is 0.875. The number of amides is 2. The first-order valence-electron chi connectivity index (χ1n) is 8.00. The highest BCUT2D eigenvalue weighted by Crippen LogP contribution is 2.64. The third-order valence-electron chi connectivity index (χ3n) is 6.52. The molecule has 0 radical (unpaired) electrons. The summed E-state index contributed by atoms with van der Waals surface area (Å²) in [5.74, 6) is 1.15. The molecule has 0 N–H and O–H groups in total. The molecule has 4 fully saturated rings. The van der Waals surface area contributed by atoms with E-state index in [1.54, 1.807) is 0 Å². The number of Topliss-reactive ketones (excluding diaryl/α,β-unsaturated/α-hetero) is 1. The quantitative estimate of drug-likeness (QED) is 0.738.